The summed E-state index contributed by atoms with van der Waals surface area (Å²) in [4.78, 5) is 13.3. The number of carbonyl (C=O) groups excluding carboxylic acids is 1. The van der Waals surface area contributed by atoms with Gasteiger partial charge in [-0.05, 0) is 30.7 Å². The summed E-state index contributed by atoms with van der Waals surface area (Å²) in [5.41, 5.74) is 2.09. The molecule has 1 aromatic carbocycles. The fourth-order valence-corrected chi connectivity index (χ4v) is 2.26. The highest BCUT2D eigenvalue weighted by molar-refractivity contribution is 5.94. The Hall–Kier alpha value is -1.71. The molecule has 1 aromatic rings. The Morgan fingerprint density at radius 3 is 2.63 bits per heavy atom. The number of hydrogen-bond donors (Lipinski definition) is 2. The van der Waals surface area contributed by atoms with Gasteiger partial charge in [-0.25, -0.2) is 4.79 Å². The Kier molecular flexibility index (Phi) is 5.07. The maximum absolute atomic E-state index is 11.5. The third-order valence-corrected chi connectivity index (χ3v) is 3.40. The number of anilines is 2. The maximum atomic E-state index is 11.5. The van der Waals surface area contributed by atoms with Crippen molar-refractivity contribution in [1.82, 2.24) is 5.32 Å². The second-order valence-corrected chi connectivity index (χ2v) is 4.92. The molecule has 0 aliphatic carbocycles. The second-order valence-electron chi connectivity index (χ2n) is 4.92. The van der Waals surface area contributed by atoms with Crippen LogP contribution in [-0.4, -0.2) is 25.7 Å². The Morgan fingerprint density at radius 1 is 1.21 bits per heavy atom. The Balaban J connectivity index is 1.79. The first-order valence-corrected chi connectivity index (χ1v) is 7.20. The molecule has 1 heterocycles. The van der Waals surface area contributed by atoms with E-state index in [1.807, 2.05) is 24.3 Å². The molecule has 0 unspecified atom stereocenters. The molecular weight excluding hydrogens is 238 g/mol. The number of rotatable bonds is 7. The van der Waals surface area contributed by atoms with Crippen LogP contribution in [0.2, 0.25) is 0 Å². The van der Waals surface area contributed by atoms with Gasteiger partial charge < -0.3 is 10.6 Å². The van der Waals surface area contributed by atoms with Crippen LogP contribution in [0.15, 0.2) is 24.3 Å². The normalized spacial score (nSPS) is 14.6. The van der Waals surface area contributed by atoms with E-state index < -0.39 is 0 Å². The summed E-state index contributed by atoms with van der Waals surface area (Å²) < 4.78 is 0. The molecule has 1 fully saturated rings. The van der Waals surface area contributed by atoms with Crippen molar-refractivity contribution in [2.45, 2.75) is 32.6 Å². The van der Waals surface area contributed by atoms with E-state index in [0.29, 0.717) is 0 Å². The predicted molar refractivity (Wildman–Crippen MR) is 79.8 cm³/mol. The molecule has 2 rings (SSSR count). The van der Waals surface area contributed by atoms with Crippen LogP contribution in [0.3, 0.4) is 0 Å². The van der Waals surface area contributed by atoms with Gasteiger partial charge in [-0.15, -0.1) is 0 Å². The molecular formula is C15H23N3O. The van der Waals surface area contributed by atoms with Gasteiger partial charge in [-0.2, -0.15) is 0 Å². The monoisotopic (exact) mass is 261 g/mol. The smallest absolute Gasteiger partial charge is 0.321 e. The minimum atomic E-state index is 0.000254. The minimum Gasteiger partial charge on any atom is -0.385 e. The Labute approximate surface area is 115 Å². The van der Waals surface area contributed by atoms with Crippen molar-refractivity contribution in [3.63, 3.8) is 0 Å². The summed E-state index contributed by atoms with van der Waals surface area (Å²) in [7, 11) is 0. The first kappa shape index (κ1) is 13.7. The van der Waals surface area contributed by atoms with Gasteiger partial charge in [-0.1, -0.05) is 26.2 Å². The number of urea groups is 1. The minimum absolute atomic E-state index is 0.000254. The van der Waals surface area contributed by atoms with Gasteiger partial charge in [-0.3, -0.25) is 4.90 Å². The lowest BCUT2D eigenvalue weighted by Gasteiger charge is -2.15. The van der Waals surface area contributed by atoms with Crippen LogP contribution in [0, 0.1) is 0 Å². The summed E-state index contributed by atoms with van der Waals surface area (Å²) in [6, 6.07) is 8.08. The fourth-order valence-electron chi connectivity index (χ4n) is 2.26. The SMILES string of the molecule is CCCCCCNc1ccc(N2CCNC2=O)cc1. The van der Waals surface area contributed by atoms with Crippen molar-refractivity contribution >= 4 is 17.4 Å². The molecule has 0 spiro atoms. The zero-order valence-corrected chi connectivity index (χ0v) is 11.6. The predicted octanol–water partition coefficient (Wildman–Crippen LogP) is 3.21. The molecule has 2 amide bonds. The maximum Gasteiger partial charge on any atom is 0.321 e. The average Bonchev–Trinajstić information content (AvgIpc) is 2.86. The van der Waals surface area contributed by atoms with Gasteiger partial charge in [0.15, 0.2) is 0 Å². The van der Waals surface area contributed by atoms with Gasteiger partial charge >= 0.3 is 6.03 Å². The molecule has 104 valence electrons. The van der Waals surface area contributed by atoms with Crippen molar-refractivity contribution in [2.24, 2.45) is 0 Å². The van der Waals surface area contributed by atoms with E-state index in [1.165, 1.54) is 25.7 Å². The number of carbonyl (C=O) groups is 1. The van der Waals surface area contributed by atoms with Crippen LogP contribution in [-0.2, 0) is 0 Å². The van der Waals surface area contributed by atoms with Crippen molar-refractivity contribution in [3.05, 3.63) is 24.3 Å². The van der Waals surface area contributed by atoms with E-state index >= 15 is 0 Å². The van der Waals surface area contributed by atoms with E-state index in [9.17, 15) is 4.79 Å². The largest absolute Gasteiger partial charge is 0.385 e. The summed E-state index contributed by atoms with van der Waals surface area (Å²) in [5.74, 6) is 0. The van der Waals surface area contributed by atoms with E-state index in [1.54, 1.807) is 4.90 Å². The van der Waals surface area contributed by atoms with Gasteiger partial charge in [0.1, 0.15) is 0 Å². The third kappa shape index (κ3) is 3.88. The highest BCUT2D eigenvalue weighted by atomic mass is 16.2. The molecule has 1 aliphatic rings. The van der Waals surface area contributed by atoms with E-state index in [-0.39, 0.29) is 6.03 Å². The highest BCUT2D eigenvalue weighted by Crippen LogP contribution is 2.19. The molecule has 0 aromatic heterocycles. The first-order valence-electron chi connectivity index (χ1n) is 7.20. The van der Waals surface area contributed by atoms with Gasteiger partial charge in [0.25, 0.3) is 0 Å². The third-order valence-electron chi connectivity index (χ3n) is 3.40. The number of nitrogens with one attached hydrogen (secondary N) is 2. The van der Waals surface area contributed by atoms with E-state index in [4.69, 9.17) is 0 Å². The fraction of sp³-hybridized carbons (Fsp3) is 0.533. The number of hydrogen-bond acceptors (Lipinski definition) is 2. The molecule has 4 heteroatoms. The topological polar surface area (TPSA) is 44.4 Å². The summed E-state index contributed by atoms with van der Waals surface area (Å²) in [6.07, 6.45) is 5.08. The number of unbranched alkanes of at least 4 members (excludes halogenated alkanes) is 3. The summed E-state index contributed by atoms with van der Waals surface area (Å²) in [6.45, 7) is 4.73. The van der Waals surface area contributed by atoms with Crippen LogP contribution in [0.1, 0.15) is 32.6 Å². The van der Waals surface area contributed by atoms with Gasteiger partial charge in [0.2, 0.25) is 0 Å². The lowest BCUT2D eigenvalue weighted by atomic mass is 10.2. The van der Waals surface area contributed by atoms with Crippen LogP contribution in [0.25, 0.3) is 0 Å². The standard InChI is InChI=1S/C15H23N3O/c1-2-3-4-5-10-16-13-6-8-14(9-7-13)18-12-11-17-15(18)19/h6-9,16H,2-5,10-12H2,1H3,(H,17,19). The molecule has 0 radical (unpaired) electrons. The quantitative estimate of drug-likeness (QED) is 0.740. The van der Waals surface area contributed by atoms with Gasteiger partial charge in [0, 0.05) is 31.0 Å². The second kappa shape index (κ2) is 7.02. The van der Waals surface area contributed by atoms with Crippen molar-refractivity contribution in [3.8, 4) is 0 Å². The molecule has 4 nitrogen and oxygen atoms in total. The molecule has 0 atom stereocenters. The number of nitrogens with zero attached hydrogens (tertiary/aromatic N) is 1. The molecule has 0 bridgehead atoms. The Morgan fingerprint density at radius 2 is 2.00 bits per heavy atom. The highest BCUT2D eigenvalue weighted by Gasteiger charge is 2.20. The van der Waals surface area contributed by atoms with Crippen LogP contribution in [0.4, 0.5) is 16.2 Å². The lowest BCUT2D eigenvalue weighted by Crippen LogP contribution is -2.27. The molecule has 1 saturated heterocycles. The molecule has 0 saturated carbocycles. The average molecular weight is 261 g/mol. The van der Waals surface area contributed by atoms with Crippen LogP contribution >= 0.6 is 0 Å². The van der Waals surface area contributed by atoms with E-state index in [0.717, 1.165) is 31.0 Å². The summed E-state index contributed by atoms with van der Waals surface area (Å²) >= 11 is 0. The number of amides is 2. The molecule has 2 N–H and O–H groups in total. The number of benzene rings is 1. The Bertz CT molecular complexity index is 402. The van der Waals surface area contributed by atoms with Crippen molar-refractivity contribution in [2.75, 3.05) is 29.9 Å². The van der Waals surface area contributed by atoms with E-state index in [2.05, 4.69) is 17.6 Å². The first-order chi connectivity index (χ1) is 9.31. The van der Waals surface area contributed by atoms with Gasteiger partial charge in [0.05, 0.1) is 0 Å². The molecule has 19 heavy (non-hydrogen) atoms. The molecule has 1 aliphatic heterocycles. The van der Waals surface area contributed by atoms with Crippen LogP contribution < -0.4 is 15.5 Å². The summed E-state index contributed by atoms with van der Waals surface area (Å²) in [5, 5.41) is 6.22. The van der Waals surface area contributed by atoms with Crippen LogP contribution in [0.5, 0.6) is 0 Å². The lowest BCUT2D eigenvalue weighted by molar-refractivity contribution is 0.252. The zero-order chi connectivity index (χ0) is 13.5. The van der Waals surface area contributed by atoms with Crippen molar-refractivity contribution in [1.29, 1.82) is 0 Å². The zero-order valence-electron chi connectivity index (χ0n) is 11.6. The van der Waals surface area contributed by atoms with Crippen molar-refractivity contribution < 1.29 is 4.79 Å².